The van der Waals surface area contributed by atoms with Crippen LogP contribution in [0.2, 0.25) is 10.0 Å². The van der Waals surface area contributed by atoms with Crippen molar-refractivity contribution in [3.05, 3.63) is 64.2 Å². The maximum atomic E-state index is 12.1. The summed E-state index contributed by atoms with van der Waals surface area (Å²) in [7, 11) is 1.81. The van der Waals surface area contributed by atoms with Crippen molar-refractivity contribution >= 4 is 29.1 Å². The van der Waals surface area contributed by atoms with Gasteiger partial charge in [-0.15, -0.1) is 0 Å². The number of carbonyl (C=O) groups is 1. The van der Waals surface area contributed by atoms with Gasteiger partial charge in [0.1, 0.15) is 16.5 Å². The first-order valence-electron chi connectivity index (χ1n) is 7.40. The first-order chi connectivity index (χ1) is 12.0. The van der Waals surface area contributed by atoms with Gasteiger partial charge >= 0.3 is 0 Å². The van der Waals surface area contributed by atoms with Crippen molar-refractivity contribution in [3.63, 3.8) is 0 Å². The zero-order valence-corrected chi connectivity index (χ0v) is 14.8. The van der Waals surface area contributed by atoms with E-state index >= 15 is 0 Å². The molecule has 0 unspecified atom stereocenters. The highest BCUT2D eigenvalue weighted by Gasteiger charge is 2.11. The van der Waals surface area contributed by atoms with Gasteiger partial charge in [0.2, 0.25) is 0 Å². The molecule has 3 aromatic rings. The van der Waals surface area contributed by atoms with Crippen molar-refractivity contribution in [2.75, 3.05) is 0 Å². The number of ether oxygens (including phenoxy) is 1. The molecule has 1 N–H and O–H groups in total. The van der Waals surface area contributed by atoms with Crippen LogP contribution < -0.4 is 10.1 Å². The Labute approximate surface area is 154 Å². The minimum atomic E-state index is -0.277. The molecule has 0 aliphatic rings. The SMILES string of the molecule is Cn1nccc1CNC(=O)c1ccn(COc2cccc(Cl)c2Cl)n1. The summed E-state index contributed by atoms with van der Waals surface area (Å²) in [5.41, 5.74) is 1.19. The fraction of sp³-hybridized carbons (Fsp3) is 0.188. The molecule has 0 radical (unpaired) electrons. The van der Waals surface area contributed by atoms with Crippen LogP contribution in [-0.4, -0.2) is 25.5 Å². The van der Waals surface area contributed by atoms with Crippen LogP contribution in [0.1, 0.15) is 16.2 Å². The normalized spacial score (nSPS) is 10.7. The van der Waals surface area contributed by atoms with Crippen LogP contribution in [0.4, 0.5) is 0 Å². The molecule has 0 bridgehead atoms. The van der Waals surface area contributed by atoms with Crippen molar-refractivity contribution < 1.29 is 9.53 Å². The molecule has 9 heteroatoms. The first kappa shape index (κ1) is 17.3. The number of hydrogen-bond acceptors (Lipinski definition) is 4. The fourth-order valence-electron chi connectivity index (χ4n) is 2.12. The molecule has 2 heterocycles. The highest BCUT2D eigenvalue weighted by atomic mass is 35.5. The number of aryl methyl sites for hydroxylation is 1. The molecule has 7 nitrogen and oxygen atoms in total. The van der Waals surface area contributed by atoms with E-state index in [9.17, 15) is 4.79 Å². The third-order valence-corrected chi connectivity index (χ3v) is 4.30. The van der Waals surface area contributed by atoms with Crippen molar-refractivity contribution in [2.45, 2.75) is 13.3 Å². The topological polar surface area (TPSA) is 74.0 Å². The van der Waals surface area contributed by atoms with E-state index < -0.39 is 0 Å². The molecule has 0 spiro atoms. The Hall–Kier alpha value is -2.51. The van der Waals surface area contributed by atoms with Gasteiger partial charge in [0.25, 0.3) is 5.91 Å². The van der Waals surface area contributed by atoms with Crippen molar-refractivity contribution in [2.24, 2.45) is 7.05 Å². The van der Waals surface area contributed by atoms with Gasteiger partial charge in [-0.3, -0.25) is 9.48 Å². The molecule has 0 saturated carbocycles. The molecule has 1 aromatic carbocycles. The Morgan fingerprint density at radius 3 is 2.88 bits per heavy atom. The maximum absolute atomic E-state index is 12.1. The third kappa shape index (κ3) is 4.12. The lowest BCUT2D eigenvalue weighted by molar-refractivity contribution is 0.0943. The largest absolute Gasteiger partial charge is 0.470 e. The summed E-state index contributed by atoms with van der Waals surface area (Å²) in [4.78, 5) is 12.1. The first-order valence-corrected chi connectivity index (χ1v) is 8.15. The van der Waals surface area contributed by atoms with E-state index in [2.05, 4.69) is 15.5 Å². The molecule has 0 fully saturated rings. The summed E-state index contributed by atoms with van der Waals surface area (Å²) < 4.78 is 8.76. The second kappa shape index (κ2) is 7.58. The Kier molecular flexibility index (Phi) is 5.25. The Morgan fingerprint density at radius 2 is 2.12 bits per heavy atom. The summed E-state index contributed by atoms with van der Waals surface area (Å²) in [6, 6.07) is 8.57. The molecule has 0 atom stereocenters. The predicted molar refractivity (Wildman–Crippen MR) is 93.7 cm³/mol. The lowest BCUT2D eigenvalue weighted by atomic mass is 10.3. The van der Waals surface area contributed by atoms with Crippen molar-refractivity contribution in [1.29, 1.82) is 0 Å². The smallest absolute Gasteiger partial charge is 0.272 e. The molecule has 3 rings (SSSR count). The van der Waals surface area contributed by atoms with Gasteiger partial charge in [-0.25, -0.2) is 4.68 Å². The van der Waals surface area contributed by atoms with E-state index in [0.29, 0.717) is 28.0 Å². The molecule has 0 aliphatic heterocycles. The Balaban J connectivity index is 1.57. The average Bonchev–Trinajstić information content (AvgIpc) is 3.23. The lowest BCUT2D eigenvalue weighted by Crippen LogP contribution is -2.24. The number of aromatic nitrogens is 4. The maximum Gasteiger partial charge on any atom is 0.272 e. The zero-order chi connectivity index (χ0) is 17.8. The summed E-state index contributed by atoms with van der Waals surface area (Å²) in [5, 5.41) is 11.8. The van der Waals surface area contributed by atoms with Crippen LogP contribution in [0.25, 0.3) is 0 Å². The molecule has 0 aliphatic carbocycles. The van der Waals surface area contributed by atoms with Crippen molar-refractivity contribution in [1.82, 2.24) is 24.9 Å². The second-order valence-electron chi connectivity index (χ2n) is 5.19. The second-order valence-corrected chi connectivity index (χ2v) is 5.98. The van der Waals surface area contributed by atoms with E-state index in [1.165, 1.54) is 4.68 Å². The van der Waals surface area contributed by atoms with Crippen LogP contribution >= 0.6 is 23.2 Å². The van der Waals surface area contributed by atoms with Gasteiger partial charge in [-0.05, 0) is 24.3 Å². The van der Waals surface area contributed by atoms with Gasteiger partial charge < -0.3 is 10.1 Å². The van der Waals surface area contributed by atoms with E-state index in [0.717, 1.165) is 5.69 Å². The van der Waals surface area contributed by atoms with Gasteiger partial charge in [-0.1, -0.05) is 29.3 Å². The fourth-order valence-corrected chi connectivity index (χ4v) is 2.47. The Bertz CT molecular complexity index is 890. The van der Waals surface area contributed by atoms with Crippen molar-refractivity contribution in [3.8, 4) is 5.75 Å². The number of amides is 1. The van der Waals surface area contributed by atoms with Crippen LogP contribution in [0.5, 0.6) is 5.75 Å². The van der Waals surface area contributed by atoms with E-state index in [1.54, 1.807) is 41.3 Å². The minimum Gasteiger partial charge on any atom is -0.470 e. The van der Waals surface area contributed by atoms with Gasteiger partial charge in [-0.2, -0.15) is 10.2 Å². The molecule has 0 saturated heterocycles. The summed E-state index contributed by atoms with van der Waals surface area (Å²) in [5.74, 6) is 0.174. The average molecular weight is 380 g/mol. The van der Waals surface area contributed by atoms with Gasteiger partial charge in [0, 0.05) is 19.4 Å². The number of halogens is 2. The van der Waals surface area contributed by atoms with E-state index in [1.807, 2.05) is 13.1 Å². The molecular formula is C16H15Cl2N5O2. The molecule has 1 amide bonds. The molecular weight excluding hydrogens is 365 g/mol. The van der Waals surface area contributed by atoms with Crippen LogP contribution in [-0.2, 0) is 20.3 Å². The van der Waals surface area contributed by atoms with Crippen LogP contribution in [0.15, 0.2) is 42.7 Å². The molecule has 25 heavy (non-hydrogen) atoms. The quantitative estimate of drug-likeness (QED) is 0.714. The number of carbonyl (C=O) groups excluding carboxylic acids is 1. The lowest BCUT2D eigenvalue weighted by Gasteiger charge is -2.08. The number of rotatable bonds is 6. The van der Waals surface area contributed by atoms with Crippen LogP contribution in [0.3, 0.4) is 0 Å². The van der Waals surface area contributed by atoms with Gasteiger partial charge in [0.05, 0.1) is 17.3 Å². The number of benzene rings is 1. The summed E-state index contributed by atoms with van der Waals surface area (Å²) >= 11 is 12.0. The number of hydrogen-bond donors (Lipinski definition) is 1. The molecule has 130 valence electrons. The highest BCUT2D eigenvalue weighted by molar-refractivity contribution is 6.42. The minimum absolute atomic E-state index is 0.106. The summed E-state index contributed by atoms with van der Waals surface area (Å²) in [6.07, 6.45) is 3.33. The Morgan fingerprint density at radius 1 is 1.28 bits per heavy atom. The number of nitrogens with zero attached hydrogens (tertiary/aromatic N) is 4. The van der Waals surface area contributed by atoms with Gasteiger partial charge in [0.15, 0.2) is 6.73 Å². The standard InChI is InChI=1S/C16H15Cl2N5O2/c1-22-11(5-7-20-22)9-19-16(24)13-6-8-23(21-13)10-25-14-4-2-3-12(17)15(14)18/h2-8H,9-10H2,1H3,(H,19,24). The third-order valence-electron chi connectivity index (χ3n) is 3.49. The summed E-state index contributed by atoms with van der Waals surface area (Å²) in [6.45, 7) is 0.478. The zero-order valence-electron chi connectivity index (χ0n) is 13.3. The molecule has 2 aromatic heterocycles. The highest BCUT2D eigenvalue weighted by Crippen LogP contribution is 2.31. The number of nitrogens with one attached hydrogen (secondary N) is 1. The predicted octanol–water partition coefficient (Wildman–Crippen LogP) is 2.89. The van der Waals surface area contributed by atoms with E-state index in [-0.39, 0.29) is 12.6 Å². The van der Waals surface area contributed by atoms with E-state index in [4.69, 9.17) is 27.9 Å². The van der Waals surface area contributed by atoms with Crippen LogP contribution in [0, 0.1) is 0 Å². The monoisotopic (exact) mass is 379 g/mol.